The molecule has 3 aromatic rings. The summed E-state index contributed by atoms with van der Waals surface area (Å²) in [4.78, 5) is 15.4. The van der Waals surface area contributed by atoms with Crippen molar-refractivity contribution in [3.8, 4) is 5.69 Å². The Bertz CT molecular complexity index is 998. The van der Waals surface area contributed by atoms with E-state index in [0.29, 0.717) is 5.56 Å². The number of nitrogens with one attached hydrogen (secondary N) is 1. The van der Waals surface area contributed by atoms with Crippen molar-refractivity contribution in [3.63, 3.8) is 0 Å². The lowest BCUT2D eigenvalue weighted by molar-refractivity contribution is 0.0936. The minimum Gasteiger partial charge on any atom is -0.348 e. The second-order valence-corrected chi connectivity index (χ2v) is 8.17. The first-order valence-corrected chi connectivity index (χ1v) is 10.4. The van der Waals surface area contributed by atoms with E-state index in [1.54, 1.807) is 23.0 Å². The van der Waals surface area contributed by atoms with Gasteiger partial charge in [-0.15, -0.1) is 0 Å². The van der Waals surface area contributed by atoms with E-state index in [0.717, 1.165) is 37.4 Å². The molecule has 1 amide bonds. The average Bonchev–Trinajstić information content (AvgIpc) is 3.36. The average molecular weight is 407 g/mol. The maximum Gasteiger partial charge on any atom is 0.255 e. The Balaban J connectivity index is 1.45. The molecule has 0 bridgehead atoms. The Morgan fingerprint density at radius 1 is 1.17 bits per heavy atom. The molecule has 1 atom stereocenters. The predicted molar refractivity (Wildman–Crippen MR) is 115 cm³/mol. The second-order valence-electron chi connectivity index (χ2n) is 8.17. The zero-order valence-electron chi connectivity index (χ0n) is 17.4. The number of likely N-dealkylation sites (tertiary alicyclic amines) is 1. The third-order valence-corrected chi connectivity index (χ3v) is 5.53. The summed E-state index contributed by atoms with van der Waals surface area (Å²) in [6, 6.07) is 16.7. The largest absolute Gasteiger partial charge is 0.348 e. The van der Waals surface area contributed by atoms with Crippen LogP contribution in [0, 0.1) is 5.82 Å². The number of hydrogen-bond acceptors (Lipinski definition) is 3. The molecule has 1 N–H and O–H groups in total. The van der Waals surface area contributed by atoms with Crippen LogP contribution in [0.2, 0.25) is 0 Å². The topological polar surface area (TPSA) is 50.2 Å². The first kappa shape index (κ1) is 20.3. The van der Waals surface area contributed by atoms with Gasteiger partial charge >= 0.3 is 0 Å². The maximum absolute atomic E-state index is 13.3. The molecule has 30 heavy (non-hydrogen) atoms. The molecule has 1 aromatic heterocycles. The summed E-state index contributed by atoms with van der Waals surface area (Å²) in [5, 5.41) is 7.61. The van der Waals surface area contributed by atoms with Crippen molar-refractivity contribution in [1.82, 2.24) is 20.0 Å². The highest BCUT2D eigenvalue weighted by Gasteiger charge is 2.27. The Kier molecular flexibility index (Phi) is 5.95. The van der Waals surface area contributed by atoms with Crippen LogP contribution in [0.4, 0.5) is 4.39 Å². The molecule has 1 saturated heterocycles. The van der Waals surface area contributed by atoms with Crippen LogP contribution in [0.5, 0.6) is 0 Å². The first-order valence-electron chi connectivity index (χ1n) is 10.4. The number of aromatic nitrogens is 2. The van der Waals surface area contributed by atoms with Crippen LogP contribution in [0.1, 0.15) is 47.8 Å². The molecule has 0 radical (unpaired) electrons. The summed E-state index contributed by atoms with van der Waals surface area (Å²) in [5.74, 6) is -0.300. The van der Waals surface area contributed by atoms with E-state index in [4.69, 9.17) is 0 Å². The van der Waals surface area contributed by atoms with Gasteiger partial charge in [0.05, 0.1) is 23.1 Å². The molecule has 2 aromatic carbocycles. The summed E-state index contributed by atoms with van der Waals surface area (Å²) in [6.45, 7) is 6.76. The van der Waals surface area contributed by atoms with Crippen molar-refractivity contribution in [2.24, 2.45) is 0 Å². The van der Waals surface area contributed by atoms with Gasteiger partial charge < -0.3 is 5.32 Å². The third-order valence-electron chi connectivity index (χ3n) is 5.53. The summed E-state index contributed by atoms with van der Waals surface area (Å²) in [6.07, 6.45) is 2.55. The van der Waals surface area contributed by atoms with Crippen LogP contribution in [0.25, 0.3) is 5.69 Å². The fourth-order valence-corrected chi connectivity index (χ4v) is 4.08. The number of benzene rings is 2. The third kappa shape index (κ3) is 4.44. The minimum atomic E-state index is -0.295. The van der Waals surface area contributed by atoms with Gasteiger partial charge in [0.2, 0.25) is 0 Å². The zero-order chi connectivity index (χ0) is 21.1. The molecule has 1 fully saturated rings. The van der Waals surface area contributed by atoms with E-state index in [-0.39, 0.29) is 23.7 Å². The van der Waals surface area contributed by atoms with E-state index in [1.807, 2.05) is 19.9 Å². The molecular formula is C24H27FN4O. The number of carbonyl (C=O) groups excluding carboxylic acids is 1. The first-order chi connectivity index (χ1) is 14.5. The summed E-state index contributed by atoms with van der Waals surface area (Å²) in [5.41, 5.74) is 3.44. The van der Waals surface area contributed by atoms with Crippen LogP contribution in [-0.4, -0.2) is 39.7 Å². The molecule has 0 saturated carbocycles. The van der Waals surface area contributed by atoms with Gasteiger partial charge in [-0.1, -0.05) is 44.2 Å². The number of hydrogen-bond donors (Lipinski definition) is 1. The van der Waals surface area contributed by atoms with Gasteiger partial charge in [-0.25, -0.2) is 9.07 Å². The molecule has 5 nitrogen and oxygen atoms in total. The molecule has 2 heterocycles. The SMILES string of the molecule is CC(C)c1c(C(=O)NC2CCN(Cc3ccccc3)C2)cnn1-c1ccc(F)cc1. The van der Waals surface area contributed by atoms with Gasteiger partial charge in [0.1, 0.15) is 5.82 Å². The molecular weight excluding hydrogens is 379 g/mol. The number of amides is 1. The van der Waals surface area contributed by atoms with Gasteiger partial charge in [0.15, 0.2) is 0 Å². The maximum atomic E-state index is 13.3. The van der Waals surface area contributed by atoms with Crippen LogP contribution < -0.4 is 5.32 Å². The lowest BCUT2D eigenvalue weighted by atomic mass is 10.0. The molecule has 1 unspecified atom stereocenters. The van der Waals surface area contributed by atoms with Crippen molar-refractivity contribution in [2.75, 3.05) is 13.1 Å². The molecule has 1 aliphatic rings. The number of nitrogens with zero attached hydrogens (tertiary/aromatic N) is 3. The van der Waals surface area contributed by atoms with Crippen LogP contribution in [0.15, 0.2) is 60.8 Å². The van der Waals surface area contributed by atoms with E-state index >= 15 is 0 Å². The van der Waals surface area contributed by atoms with E-state index < -0.39 is 0 Å². The number of carbonyl (C=O) groups is 1. The normalized spacial score (nSPS) is 16.9. The monoisotopic (exact) mass is 406 g/mol. The van der Waals surface area contributed by atoms with Crippen molar-refractivity contribution < 1.29 is 9.18 Å². The Labute approximate surface area is 176 Å². The smallest absolute Gasteiger partial charge is 0.255 e. The van der Waals surface area contributed by atoms with Gasteiger partial charge in [-0.3, -0.25) is 9.69 Å². The van der Waals surface area contributed by atoms with Gasteiger partial charge in [0.25, 0.3) is 5.91 Å². The van der Waals surface area contributed by atoms with Crippen LogP contribution in [-0.2, 0) is 6.54 Å². The lowest BCUT2D eigenvalue weighted by Gasteiger charge is -2.17. The Hall–Kier alpha value is -2.99. The molecule has 6 heteroatoms. The Morgan fingerprint density at radius 2 is 1.90 bits per heavy atom. The van der Waals surface area contributed by atoms with Crippen molar-refractivity contribution in [1.29, 1.82) is 0 Å². The fraction of sp³-hybridized carbons (Fsp3) is 0.333. The molecule has 156 valence electrons. The molecule has 0 aliphatic carbocycles. The van der Waals surface area contributed by atoms with E-state index in [9.17, 15) is 9.18 Å². The highest BCUT2D eigenvalue weighted by atomic mass is 19.1. The summed E-state index contributed by atoms with van der Waals surface area (Å²) < 4.78 is 15.0. The van der Waals surface area contributed by atoms with Crippen molar-refractivity contribution >= 4 is 5.91 Å². The second kappa shape index (κ2) is 8.79. The summed E-state index contributed by atoms with van der Waals surface area (Å²) in [7, 11) is 0. The molecule has 4 rings (SSSR count). The van der Waals surface area contributed by atoms with Crippen molar-refractivity contribution in [3.05, 3.63) is 83.4 Å². The highest BCUT2D eigenvalue weighted by Crippen LogP contribution is 2.24. The van der Waals surface area contributed by atoms with Crippen LogP contribution in [0.3, 0.4) is 0 Å². The van der Waals surface area contributed by atoms with Crippen molar-refractivity contribution in [2.45, 2.75) is 38.8 Å². The Morgan fingerprint density at radius 3 is 2.60 bits per heavy atom. The fourth-order valence-electron chi connectivity index (χ4n) is 4.08. The van der Waals surface area contributed by atoms with Gasteiger partial charge in [0, 0.05) is 25.7 Å². The zero-order valence-corrected chi connectivity index (χ0v) is 17.4. The highest BCUT2D eigenvalue weighted by molar-refractivity contribution is 5.95. The van der Waals surface area contributed by atoms with E-state index in [1.165, 1.54) is 17.7 Å². The predicted octanol–water partition coefficient (Wildman–Crippen LogP) is 4.14. The lowest BCUT2D eigenvalue weighted by Crippen LogP contribution is -2.37. The number of halogens is 1. The number of rotatable bonds is 6. The quantitative estimate of drug-likeness (QED) is 0.669. The molecule has 1 aliphatic heterocycles. The molecule has 0 spiro atoms. The summed E-state index contributed by atoms with van der Waals surface area (Å²) >= 11 is 0. The standard InChI is InChI=1S/C24H27FN4O/c1-17(2)23-22(14-26-29(23)21-10-8-19(25)9-11-21)24(30)27-20-12-13-28(16-20)15-18-6-4-3-5-7-18/h3-11,14,17,20H,12-13,15-16H2,1-2H3,(H,27,30). The van der Waals surface area contributed by atoms with Gasteiger partial charge in [-0.05, 0) is 42.2 Å². The van der Waals surface area contributed by atoms with Crippen LogP contribution >= 0.6 is 0 Å². The van der Waals surface area contributed by atoms with E-state index in [2.05, 4.69) is 39.6 Å². The minimum absolute atomic E-state index is 0.0939. The van der Waals surface area contributed by atoms with Gasteiger partial charge in [-0.2, -0.15) is 5.10 Å².